The molecule has 0 amide bonds. The van der Waals surface area contributed by atoms with Crippen molar-refractivity contribution in [3.63, 3.8) is 0 Å². The van der Waals surface area contributed by atoms with Gasteiger partial charge in [0.1, 0.15) is 5.82 Å². The highest BCUT2D eigenvalue weighted by Gasteiger charge is 2.08. The van der Waals surface area contributed by atoms with Gasteiger partial charge in [-0.15, -0.1) is 0 Å². The molecule has 0 aromatic heterocycles. The fourth-order valence-corrected chi connectivity index (χ4v) is 1.40. The maximum Gasteiger partial charge on any atom is 0.126 e. The minimum Gasteiger partial charge on any atom is -0.324 e. The molecule has 1 nitrogen and oxygen atoms in total. The van der Waals surface area contributed by atoms with Crippen LogP contribution in [0.25, 0.3) is 0 Å². The summed E-state index contributed by atoms with van der Waals surface area (Å²) in [6.07, 6.45) is 0. The molecule has 12 heavy (non-hydrogen) atoms. The summed E-state index contributed by atoms with van der Waals surface area (Å²) < 4.78 is 13.0. The number of benzene rings is 1. The van der Waals surface area contributed by atoms with Crippen LogP contribution in [0, 0.1) is 12.7 Å². The van der Waals surface area contributed by atoms with Crippen LogP contribution in [0.5, 0.6) is 0 Å². The Bertz CT molecular complexity index is 297. The van der Waals surface area contributed by atoms with E-state index in [1.54, 1.807) is 19.9 Å². The Kier molecular flexibility index (Phi) is 2.70. The lowest BCUT2D eigenvalue weighted by molar-refractivity contribution is 0.613. The maximum absolute atomic E-state index is 13.0. The van der Waals surface area contributed by atoms with Crippen molar-refractivity contribution >= 4 is 11.6 Å². The van der Waals surface area contributed by atoms with Gasteiger partial charge in [-0.3, -0.25) is 0 Å². The summed E-state index contributed by atoms with van der Waals surface area (Å²) in [6, 6.07) is 2.75. The molecule has 0 heterocycles. The van der Waals surface area contributed by atoms with Gasteiger partial charge >= 0.3 is 0 Å². The van der Waals surface area contributed by atoms with Gasteiger partial charge in [-0.25, -0.2) is 4.39 Å². The van der Waals surface area contributed by atoms with Gasteiger partial charge in [-0.1, -0.05) is 11.6 Å². The molecule has 0 fully saturated rings. The highest BCUT2D eigenvalue weighted by Crippen LogP contribution is 2.24. The van der Waals surface area contributed by atoms with E-state index in [1.807, 2.05) is 0 Å². The molecule has 0 aliphatic carbocycles. The molecule has 2 N–H and O–H groups in total. The first kappa shape index (κ1) is 9.49. The number of halogens is 2. The molecule has 1 atom stereocenters. The number of hydrogen-bond donors (Lipinski definition) is 1. The largest absolute Gasteiger partial charge is 0.324 e. The van der Waals surface area contributed by atoms with Crippen LogP contribution in [0.3, 0.4) is 0 Å². The zero-order valence-corrected chi connectivity index (χ0v) is 7.82. The minimum atomic E-state index is -0.258. The molecule has 1 aromatic rings. The number of aryl methyl sites for hydroxylation is 1. The summed E-state index contributed by atoms with van der Waals surface area (Å²) in [5.41, 5.74) is 6.78. The number of rotatable bonds is 1. The molecule has 0 saturated carbocycles. The van der Waals surface area contributed by atoms with Crippen molar-refractivity contribution < 1.29 is 4.39 Å². The summed E-state index contributed by atoms with van der Waals surface area (Å²) in [6.45, 7) is 3.45. The zero-order valence-electron chi connectivity index (χ0n) is 7.07. The Morgan fingerprint density at radius 2 is 2.08 bits per heavy atom. The summed E-state index contributed by atoms with van der Waals surface area (Å²) >= 11 is 5.85. The Morgan fingerprint density at radius 1 is 1.50 bits per heavy atom. The molecule has 0 bridgehead atoms. The molecule has 1 unspecified atom stereocenters. The third-order valence-electron chi connectivity index (χ3n) is 1.77. The predicted octanol–water partition coefficient (Wildman–Crippen LogP) is 2.81. The van der Waals surface area contributed by atoms with Gasteiger partial charge in [0.2, 0.25) is 0 Å². The van der Waals surface area contributed by atoms with Crippen LogP contribution in [0.2, 0.25) is 5.02 Å². The first-order valence-electron chi connectivity index (χ1n) is 3.73. The first-order valence-corrected chi connectivity index (χ1v) is 4.11. The van der Waals surface area contributed by atoms with E-state index >= 15 is 0 Å². The highest BCUT2D eigenvalue weighted by molar-refractivity contribution is 6.31. The summed E-state index contributed by atoms with van der Waals surface area (Å²) in [7, 11) is 0. The first-order chi connectivity index (χ1) is 5.52. The van der Waals surface area contributed by atoms with Crippen molar-refractivity contribution in [1.29, 1.82) is 0 Å². The topological polar surface area (TPSA) is 26.0 Å². The van der Waals surface area contributed by atoms with E-state index in [1.165, 1.54) is 6.07 Å². The van der Waals surface area contributed by atoms with Gasteiger partial charge in [-0.05, 0) is 37.1 Å². The number of hydrogen-bond acceptors (Lipinski definition) is 1. The molecule has 0 spiro atoms. The quantitative estimate of drug-likeness (QED) is 0.719. The van der Waals surface area contributed by atoms with Crippen molar-refractivity contribution in [1.82, 2.24) is 0 Å². The third kappa shape index (κ3) is 1.76. The SMILES string of the molecule is Cc1cc(Cl)c(C(C)N)cc1F. The van der Waals surface area contributed by atoms with Gasteiger partial charge in [0.05, 0.1) is 0 Å². The van der Waals surface area contributed by atoms with Crippen LogP contribution in [-0.2, 0) is 0 Å². The molecular formula is C9H11ClFN. The molecule has 1 rings (SSSR count). The lowest BCUT2D eigenvalue weighted by Gasteiger charge is -2.09. The van der Waals surface area contributed by atoms with Crippen LogP contribution in [-0.4, -0.2) is 0 Å². The second-order valence-electron chi connectivity index (χ2n) is 2.91. The summed E-state index contributed by atoms with van der Waals surface area (Å²) in [5, 5.41) is 0.531. The van der Waals surface area contributed by atoms with Crippen molar-refractivity contribution in [2.75, 3.05) is 0 Å². The Morgan fingerprint density at radius 3 is 2.58 bits per heavy atom. The summed E-state index contributed by atoms with van der Waals surface area (Å²) in [5.74, 6) is -0.258. The fraction of sp³-hybridized carbons (Fsp3) is 0.333. The van der Waals surface area contributed by atoms with Crippen LogP contribution < -0.4 is 5.73 Å². The molecule has 0 saturated heterocycles. The maximum atomic E-state index is 13.0. The zero-order chi connectivity index (χ0) is 9.30. The van der Waals surface area contributed by atoms with Gasteiger partial charge in [0.15, 0.2) is 0 Å². The van der Waals surface area contributed by atoms with Crippen LogP contribution in [0.1, 0.15) is 24.1 Å². The Balaban J connectivity index is 3.23. The van der Waals surface area contributed by atoms with Crippen molar-refractivity contribution in [3.05, 3.63) is 34.1 Å². The van der Waals surface area contributed by atoms with Crippen LogP contribution in [0.15, 0.2) is 12.1 Å². The molecule has 1 aromatic carbocycles. The average Bonchev–Trinajstić information content (AvgIpc) is 1.96. The Labute approximate surface area is 76.3 Å². The second kappa shape index (κ2) is 3.42. The predicted molar refractivity (Wildman–Crippen MR) is 48.7 cm³/mol. The van der Waals surface area contributed by atoms with E-state index in [9.17, 15) is 4.39 Å². The minimum absolute atomic E-state index is 0.229. The highest BCUT2D eigenvalue weighted by atomic mass is 35.5. The number of nitrogens with two attached hydrogens (primary N) is 1. The lowest BCUT2D eigenvalue weighted by atomic mass is 10.1. The molecule has 0 aliphatic heterocycles. The van der Waals surface area contributed by atoms with E-state index in [0.29, 0.717) is 16.1 Å². The summed E-state index contributed by atoms with van der Waals surface area (Å²) in [4.78, 5) is 0. The van der Waals surface area contributed by atoms with Gasteiger partial charge in [0.25, 0.3) is 0 Å². The molecule has 0 aliphatic rings. The average molecular weight is 188 g/mol. The van der Waals surface area contributed by atoms with Crippen molar-refractivity contribution in [2.24, 2.45) is 5.73 Å². The van der Waals surface area contributed by atoms with E-state index in [-0.39, 0.29) is 11.9 Å². The van der Waals surface area contributed by atoms with Gasteiger partial charge < -0.3 is 5.73 Å². The fourth-order valence-electron chi connectivity index (χ4n) is 1.01. The van der Waals surface area contributed by atoms with Gasteiger partial charge in [0, 0.05) is 11.1 Å². The monoisotopic (exact) mass is 187 g/mol. The van der Waals surface area contributed by atoms with Gasteiger partial charge in [-0.2, -0.15) is 0 Å². The van der Waals surface area contributed by atoms with Crippen LogP contribution >= 0.6 is 11.6 Å². The van der Waals surface area contributed by atoms with Crippen molar-refractivity contribution in [2.45, 2.75) is 19.9 Å². The lowest BCUT2D eigenvalue weighted by Crippen LogP contribution is -2.06. The van der Waals surface area contributed by atoms with Crippen molar-refractivity contribution in [3.8, 4) is 0 Å². The van der Waals surface area contributed by atoms with E-state index in [2.05, 4.69) is 0 Å². The third-order valence-corrected chi connectivity index (χ3v) is 2.10. The van der Waals surface area contributed by atoms with E-state index in [0.717, 1.165) is 0 Å². The van der Waals surface area contributed by atoms with E-state index in [4.69, 9.17) is 17.3 Å². The molecule has 0 radical (unpaired) electrons. The van der Waals surface area contributed by atoms with Crippen LogP contribution in [0.4, 0.5) is 4.39 Å². The molecular weight excluding hydrogens is 177 g/mol. The molecule has 66 valence electrons. The van der Waals surface area contributed by atoms with E-state index < -0.39 is 0 Å². The smallest absolute Gasteiger partial charge is 0.126 e. The normalized spacial score (nSPS) is 13.1. The molecule has 3 heteroatoms. The second-order valence-corrected chi connectivity index (χ2v) is 3.32. The Hall–Kier alpha value is -0.600. The standard InChI is InChI=1S/C9H11ClFN/c1-5-3-8(10)7(6(2)12)4-9(5)11/h3-4,6H,12H2,1-2H3.